The molecule has 1 saturated carbocycles. The predicted molar refractivity (Wildman–Crippen MR) is 106 cm³/mol. The number of nitrogens with one attached hydrogen (secondary N) is 2. The van der Waals surface area contributed by atoms with Crippen LogP contribution < -0.4 is 10.2 Å². The van der Waals surface area contributed by atoms with Gasteiger partial charge < -0.3 is 10.2 Å². The topological polar surface area (TPSA) is 86.8 Å². The molecule has 1 atom stereocenters. The molecule has 2 aromatic rings. The van der Waals surface area contributed by atoms with E-state index < -0.39 is 0 Å². The number of carbonyl (C=O) groups is 1. The molecule has 0 radical (unpaired) electrons. The second-order valence-electron chi connectivity index (χ2n) is 7.44. The fourth-order valence-electron chi connectivity index (χ4n) is 3.70. The third-order valence-electron chi connectivity index (χ3n) is 5.50. The largest absolute Gasteiger partial charge is 0.344 e. The van der Waals surface area contributed by atoms with E-state index in [0.717, 1.165) is 29.3 Å². The maximum atomic E-state index is 12.4. The highest BCUT2D eigenvalue weighted by atomic mass is 16.2. The molecule has 2 heterocycles. The molecule has 0 saturated heterocycles. The van der Waals surface area contributed by atoms with E-state index in [1.165, 1.54) is 32.1 Å². The number of anilines is 1. The number of amides is 1. The lowest BCUT2D eigenvalue weighted by atomic mass is 9.95. The van der Waals surface area contributed by atoms with Crippen LogP contribution in [0.15, 0.2) is 12.3 Å². The minimum Gasteiger partial charge on any atom is -0.344 e. The molecule has 1 unspecified atom stereocenters. The summed E-state index contributed by atoms with van der Waals surface area (Å²) in [5.74, 6) is 0.572. The van der Waals surface area contributed by atoms with Gasteiger partial charge in [-0.25, -0.2) is 9.97 Å². The van der Waals surface area contributed by atoms with Crippen molar-refractivity contribution in [3.8, 4) is 0 Å². The fraction of sp³-hybridized carbons (Fsp3) is 0.600. The van der Waals surface area contributed by atoms with Crippen LogP contribution in [0.3, 0.4) is 0 Å². The zero-order valence-corrected chi connectivity index (χ0v) is 16.7. The monoisotopic (exact) mass is 370 g/mol. The normalized spacial score (nSPS) is 16.1. The number of aryl methyl sites for hydroxylation is 2. The lowest BCUT2D eigenvalue weighted by Crippen LogP contribution is -2.35. The highest BCUT2D eigenvalue weighted by Crippen LogP contribution is 2.25. The van der Waals surface area contributed by atoms with Gasteiger partial charge >= 0.3 is 0 Å². The maximum absolute atomic E-state index is 12.4. The summed E-state index contributed by atoms with van der Waals surface area (Å²) >= 11 is 0. The van der Waals surface area contributed by atoms with Gasteiger partial charge in [0.15, 0.2) is 0 Å². The van der Waals surface area contributed by atoms with Gasteiger partial charge in [0.2, 0.25) is 5.95 Å². The molecule has 7 heteroatoms. The lowest BCUT2D eigenvalue weighted by Gasteiger charge is -2.31. The highest BCUT2D eigenvalue weighted by molar-refractivity contribution is 5.92. The van der Waals surface area contributed by atoms with Crippen molar-refractivity contribution in [2.24, 2.45) is 0 Å². The summed E-state index contributed by atoms with van der Waals surface area (Å²) in [5.41, 5.74) is 3.18. The van der Waals surface area contributed by atoms with Crippen molar-refractivity contribution in [1.82, 2.24) is 25.5 Å². The number of nitrogens with zero attached hydrogens (tertiary/aromatic N) is 4. The number of H-pyrrole nitrogens is 1. The van der Waals surface area contributed by atoms with Crippen LogP contribution in [0, 0.1) is 6.92 Å². The van der Waals surface area contributed by atoms with E-state index in [2.05, 4.69) is 32.4 Å². The van der Waals surface area contributed by atoms with E-state index in [0.29, 0.717) is 11.7 Å². The molecule has 2 N–H and O–H groups in total. The van der Waals surface area contributed by atoms with Gasteiger partial charge in [-0.3, -0.25) is 9.89 Å². The Kier molecular flexibility index (Phi) is 6.08. The average Bonchev–Trinajstić information content (AvgIpc) is 3.17. The molecular weight excluding hydrogens is 340 g/mol. The Morgan fingerprint density at radius 3 is 2.74 bits per heavy atom. The molecule has 0 aromatic carbocycles. The molecule has 7 nitrogen and oxygen atoms in total. The molecular formula is C20H30N6O. The van der Waals surface area contributed by atoms with Gasteiger partial charge in [-0.2, -0.15) is 5.10 Å². The van der Waals surface area contributed by atoms with Crippen LogP contribution in [-0.2, 0) is 6.42 Å². The molecule has 1 fully saturated rings. The van der Waals surface area contributed by atoms with Crippen molar-refractivity contribution in [3.63, 3.8) is 0 Å². The Morgan fingerprint density at radius 1 is 1.37 bits per heavy atom. The minimum absolute atomic E-state index is 0.187. The Morgan fingerprint density at radius 2 is 2.11 bits per heavy atom. The summed E-state index contributed by atoms with van der Waals surface area (Å²) in [7, 11) is 2.08. The lowest BCUT2D eigenvalue weighted by molar-refractivity contribution is 0.0934. The van der Waals surface area contributed by atoms with Gasteiger partial charge in [0.25, 0.3) is 5.91 Å². The summed E-state index contributed by atoms with van der Waals surface area (Å²) in [5, 5.41) is 9.93. The minimum atomic E-state index is -0.193. The van der Waals surface area contributed by atoms with E-state index in [4.69, 9.17) is 4.98 Å². The Balaban J connectivity index is 1.68. The quantitative estimate of drug-likeness (QED) is 0.814. The van der Waals surface area contributed by atoms with Gasteiger partial charge in [-0.15, -0.1) is 0 Å². The van der Waals surface area contributed by atoms with Crippen LogP contribution >= 0.6 is 0 Å². The molecule has 1 amide bonds. The van der Waals surface area contributed by atoms with Crippen molar-refractivity contribution in [3.05, 3.63) is 34.9 Å². The summed E-state index contributed by atoms with van der Waals surface area (Å²) in [6, 6.07) is 2.12. The molecule has 0 bridgehead atoms. The number of rotatable bonds is 6. The van der Waals surface area contributed by atoms with E-state index in [9.17, 15) is 4.79 Å². The SMILES string of the molecule is CCc1cc(C(=O)NC(C)c2cnc(N(C)C3CCCCC3)nc2C)n[nH]1. The van der Waals surface area contributed by atoms with E-state index in [1.807, 2.05) is 27.0 Å². The number of aromatic nitrogens is 4. The first-order valence-corrected chi connectivity index (χ1v) is 9.91. The fourth-order valence-corrected chi connectivity index (χ4v) is 3.70. The molecule has 0 spiro atoms. The van der Waals surface area contributed by atoms with Crippen LogP contribution in [-0.4, -0.2) is 39.2 Å². The van der Waals surface area contributed by atoms with Crippen molar-refractivity contribution < 1.29 is 4.79 Å². The second-order valence-corrected chi connectivity index (χ2v) is 7.44. The molecule has 3 rings (SSSR count). The van der Waals surface area contributed by atoms with Crippen LogP contribution in [0.5, 0.6) is 0 Å². The van der Waals surface area contributed by atoms with Crippen LogP contribution in [0.2, 0.25) is 0 Å². The maximum Gasteiger partial charge on any atom is 0.272 e. The standard InChI is InChI=1S/C20H30N6O/c1-5-15-11-18(25-24-15)19(27)22-13(2)17-12-21-20(23-14(17)3)26(4)16-9-7-6-8-10-16/h11-13,16H,5-10H2,1-4H3,(H,22,27)(H,24,25). The smallest absolute Gasteiger partial charge is 0.272 e. The number of hydrogen-bond donors (Lipinski definition) is 2. The first-order valence-electron chi connectivity index (χ1n) is 9.91. The Labute approximate surface area is 161 Å². The van der Waals surface area contributed by atoms with Crippen molar-refractivity contribution >= 4 is 11.9 Å². The van der Waals surface area contributed by atoms with Gasteiger partial charge in [0.1, 0.15) is 5.69 Å². The van der Waals surface area contributed by atoms with Crippen molar-refractivity contribution in [2.75, 3.05) is 11.9 Å². The number of aromatic amines is 1. The third-order valence-corrected chi connectivity index (χ3v) is 5.50. The van der Waals surface area contributed by atoms with E-state index in [-0.39, 0.29) is 11.9 Å². The van der Waals surface area contributed by atoms with E-state index in [1.54, 1.807) is 6.07 Å². The zero-order chi connectivity index (χ0) is 19.4. The summed E-state index contributed by atoms with van der Waals surface area (Å²) < 4.78 is 0. The van der Waals surface area contributed by atoms with E-state index >= 15 is 0 Å². The molecule has 1 aliphatic rings. The second kappa shape index (κ2) is 8.50. The first-order chi connectivity index (χ1) is 13.0. The summed E-state index contributed by atoms with van der Waals surface area (Å²) in [6.45, 7) is 5.94. The zero-order valence-electron chi connectivity index (χ0n) is 16.7. The highest BCUT2D eigenvalue weighted by Gasteiger charge is 2.22. The number of carbonyl (C=O) groups excluding carboxylic acids is 1. The summed E-state index contributed by atoms with van der Waals surface area (Å²) in [4.78, 5) is 23.9. The third kappa shape index (κ3) is 4.46. The van der Waals surface area contributed by atoms with Crippen LogP contribution in [0.25, 0.3) is 0 Å². The molecule has 146 valence electrons. The Hall–Kier alpha value is -2.44. The predicted octanol–water partition coefficient (Wildman–Crippen LogP) is 3.33. The molecule has 0 aliphatic heterocycles. The van der Waals surface area contributed by atoms with Gasteiger partial charge in [0, 0.05) is 36.2 Å². The van der Waals surface area contributed by atoms with Gasteiger partial charge in [-0.1, -0.05) is 26.2 Å². The molecule has 1 aliphatic carbocycles. The van der Waals surface area contributed by atoms with Crippen molar-refractivity contribution in [2.45, 2.75) is 71.4 Å². The summed E-state index contributed by atoms with van der Waals surface area (Å²) in [6.07, 6.45) is 8.95. The average molecular weight is 371 g/mol. The van der Waals surface area contributed by atoms with Crippen LogP contribution in [0.4, 0.5) is 5.95 Å². The van der Waals surface area contributed by atoms with Gasteiger partial charge in [-0.05, 0) is 39.2 Å². The molecule has 27 heavy (non-hydrogen) atoms. The van der Waals surface area contributed by atoms with Crippen LogP contribution in [0.1, 0.15) is 79.4 Å². The van der Waals surface area contributed by atoms with Crippen molar-refractivity contribution in [1.29, 1.82) is 0 Å². The first kappa shape index (κ1) is 19.3. The molecule has 2 aromatic heterocycles. The van der Waals surface area contributed by atoms with Gasteiger partial charge in [0.05, 0.1) is 6.04 Å². The number of hydrogen-bond acceptors (Lipinski definition) is 5. The Bertz CT molecular complexity index is 781.